The largest absolute Gasteiger partial charge is 0.487 e. The number of rotatable bonds is 5. The molecule has 21 heavy (non-hydrogen) atoms. The van der Waals surface area contributed by atoms with Gasteiger partial charge in [-0.1, -0.05) is 47.5 Å². The maximum absolute atomic E-state index is 10.5. The van der Waals surface area contributed by atoms with E-state index in [9.17, 15) is 4.79 Å². The summed E-state index contributed by atoms with van der Waals surface area (Å²) in [5, 5.41) is 11.9. The first kappa shape index (κ1) is 15.5. The highest BCUT2D eigenvalue weighted by atomic mass is 35.5. The molecule has 1 amide bonds. The normalized spacial score (nSPS) is 10.2. The molecular formula is C15H13Cl2NO3. The van der Waals surface area contributed by atoms with Crippen molar-refractivity contribution >= 4 is 29.3 Å². The SMILES string of the molecule is O=C(O)NCc1cccc(COc2ccc(Cl)cc2Cl)c1. The van der Waals surface area contributed by atoms with Gasteiger partial charge in [-0.3, -0.25) is 0 Å². The van der Waals surface area contributed by atoms with Crippen LogP contribution >= 0.6 is 23.2 Å². The van der Waals surface area contributed by atoms with Crippen LogP contribution in [0.1, 0.15) is 11.1 Å². The van der Waals surface area contributed by atoms with Crippen LogP contribution in [0.2, 0.25) is 10.0 Å². The number of carbonyl (C=O) groups is 1. The zero-order chi connectivity index (χ0) is 15.2. The van der Waals surface area contributed by atoms with Gasteiger partial charge in [-0.2, -0.15) is 0 Å². The van der Waals surface area contributed by atoms with Crippen LogP contribution in [0.15, 0.2) is 42.5 Å². The van der Waals surface area contributed by atoms with Gasteiger partial charge in [0.2, 0.25) is 0 Å². The summed E-state index contributed by atoms with van der Waals surface area (Å²) in [5.41, 5.74) is 1.78. The first-order chi connectivity index (χ1) is 10.0. The second kappa shape index (κ2) is 7.20. The lowest BCUT2D eigenvalue weighted by molar-refractivity contribution is 0.194. The van der Waals surface area contributed by atoms with E-state index < -0.39 is 6.09 Å². The minimum atomic E-state index is -1.05. The summed E-state index contributed by atoms with van der Waals surface area (Å²) in [4.78, 5) is 10.5. The van der Waals surface area contributed by atoms with Gasteiger partial charge in [0.1, 0.15) is 12.4 Å². The van der Waals surface area contributed by atoms with Crippen molar-refractivity contribution in [3.63, 3.8) is 0 Å². The highest BCUT2D eigenvalue weighted by Gasteiger charge is 2.04. The molecule has 2 N–H and O–H groups in total. The van der Waals surface area contributed by atoms with Crippen LogP contribution < -0.4 is 10.1 Å². The molecule has 0 aliphatic heterocycles. The first-order valence-electron chi connectivity index (χ1n) is 6.17. The van der Waals surface area contributed by atoms with E-state index in [1.54, 1.807) is 18.2 Å². The summed E-state index contributed by atoms with van der Waals surface area (Å²) >= 11 is 11.8. The molecule has 6 heteroatoms. The van der Waals surface area contributed by atoms with Gasteiger partial charge in [-0.25, -0.2) is 4.79 Å². The van der Waals surface area contributed by atoms with Gasteiger partial charge in [-0.15, -0.1) is 0 Å². The second-order valence-electron chi connectivity index (χ2n) is 4.34. The Bertz CT molecular complexity index is 647. The molecule has 0 fully saturated rings. The Morgan fingerprint density at radius 1 is 1.14 bits per heavy atom. The van der Waals surface area contributed by atoms with Crippen LogP contribution in [0.3, 0.4) is 0 Å². The van der Waals surface area contributed by atoms with Crippen molar-refractivity contribution in [2.75, 3.05) is 0 Å². The monoisotopic (exact) mass is 325 g/mol. The summed E-state index contributed by atoms with van der Waals surface area (Å²) in [7, 11) is 0. The summed E-state index contributed by atoms with van der Waals surface area (Å²) in [6.45, 7) is 0.590. The molecule has 2 aromatic rings. The average molecular weight is 326 g/mol. The topological polar surface area (TPSA) is 58.6 Å². The summed E-state index contributed by atoms with van der Waals surface area (Å²) in [6, 6.07) is 12.5. The van der Waals surface area contributed by atoms with Crippen molar-refractivity contribution in [3.8, 4) is 5.75 Å². The Balaban J connectivity index is 1.99. The maximum atomic E-state index is 10.5. The molecule has 2 rings (SSSR count). The number of ether oxygens (including phenoxy) is 1. The Labute approximate surface area is 132 Å². The predicted octanol–water partition coefficient (Wildman–Crippen LogP) is 4.34. The number of benzene rings is 2. The van der Waals surface area contributed by atoms with E-state index in [1.165, 1.54) is 0 Å². The first-order valence-corrected chi connectivity index (χ1v) is 6.92. The zero-order valence-electron chi connectivity index (χ0n) is 11.0. The van der Waals surface area contributed by atoms with Crippen LogP contribution in [0.5, 0.6) is 5.75 Å². The van der Waals surface area contributed by atoms with Gasteiger partial charge in [0.25, 0.3) is 0 Å². The van der Waals surface area contributed by atoms with Gasteiger partial charge < -0.3 is 15.2 Å². The lowest BCUT2D eigenvalue weighted by Gasteiger charge is -2.09. The van der Waals surface area contributed by atoms with E-state index in [1.807, 2.05) is 24.3 Å². The van der Waals surface area contributed by atoms with Gasteiger partial charge in [0, 0.05) is 11.6 Å². The fraction of sp³-hybridized carbons (Fsp3) is 0.133. The van der Waals surface area contributed by atoms with Crippen molar-refractivity contribution in [1.29, 1.82) is 0 Å². The van der Waals surface area contributed by atoms with Gasteiger partial charge in [0.15, 0.2) is 0 Å². The minimum Gasteiger partial charge on any atom is -0.487 e. The van der Waals surface area contributed by atoms with Crippen LogP contribution in [-0.4, -0.2) is 11.2 Å². The van der Waals surface area contributed by atoms with Gasteiger partial charge in [0.05, 0.1) is 5.02 Å². The molecule has 0 aliphatic rings. The van der Waals surface area contributed by atoms with Crippen molar-refractivity contribution in [2.45, 2.75) is 13.2 Å². The number of halogens is 2. The standard InChI is InChI=1S/C15H13Cl2NO3/c16-12-4-5-14(13(17)7-12)21-9-11-3-1-2-10(6-11)8-18-15(19)20/h1-7,18H,8-9H2,(H,19,20). The fourth-order valence-electron chi connectivity index (χ4n) is 1.76. The number of hydrogen-bond acceptors (Lipinski definition) is 2. The molecular weight excluding hydrogens is 313 g/mol. The van der Waals surface area contributed by atoms with Crippen LogP contribution in [0, 0.1) is 0 Å². The molecule has 0 bridgehead atoms. The van der Waals surface area contributed by atoms with Crippen LogP contribution in [0.25, 0.3) is 0 Å². The quantitative estimate of drug-likeness (QED) is 0.859. The van der Waals surface area contributed by atoms with Crippen LogP contribution in [0.4, 0.5) is 4.79 Å². The van der Waals surface area contributed by atoms with E-state index in [2.05, 4.69) is 5.32 Å². The van der Waals surface area contributed by atoms with Crippen LogP contribution in [-0.2, 0) is 13.2 Å². The summed E-state index contributed by atoms with van der Waals surface area (Å²) in [5.74, 6) is 0.551. The molecule has 0 spiro atoms. The second-order valence-corrected chi connectivity index (χ2v) is 5.19. The van der Waals surface area contributed by atoms with Gasteiger partial charge >= 0.3 is 6.09 Å². The zero-order valence-corrected chi connectivity index (χ0v) is 12.5. The minimum absolute atomic E-state index is 0.255. The van der Waals surface area contributed by atoms with Crippen molar-refractivity contribution in [1.82, 2.24) is 5.32 Å². The third-order valence-electron chi connectivity index (χ3n) is 2.72. The maximum Gasteiger partial charge on any atom is 0.404 e. The summed E-state index contributed by atoms with van der Waals surface area (Å²) in [6.07, 6.45) is -1.05. The van der Waals surface area contributed by atoms with Crippen molar-refractivity contribution in [2.24, 2.45) is 0 Å². The van der Waals surface area contributed by atoms with E-state index >= 15 is 0 Å². The Morgan fingerprint density at radius 2 is 1.90 bits per heavy atom. The summed E-state index contributed by atoms with van der Waals surface area (Å²) < 4.78 is 5.63. The lowest BCUT2D eigenvalue weighted by atomic mass is 10.1. The predicted molar refractivity (Wildman–Crippen MR) is 82.1 cm³/mol. The van der Waals surface area contributed by atoms with E-state index in [0.717, 1.165) is 11.1 Å². The Kier molecular flexibility index (Phi) is 5.31. The molecule has 0 aliphatic carbocycles. The molecule has 0 saturated heterocycles. The highest BCUT2D eigenvalue weighted by Crippen LogP contribution is 2.28. The van der Waals surface area contributed by atoms with E-state index in [4.69, 9.17) is 33.0 Å². The number of hydrogen-bond donors (Lipinski definition) is 2. The molecule has 2 aromatic carbocycles. The third kappa shape index (κ3) is 4.85. The number of amides is 1. The Morgan fingerprint density at radius 3 is 2.62 bits per heavy atom. The average Bonchev–Trinajstić information content (AvgIpc) is 2.45. The van der Waals surface area contributed by atoms with Crippen molar-refractivity contribution in [3.05, 3.63) is 63.6 Å². The Hall–Kier alpha value is -1.91. The van der Waals surface area contributed by atoms with Gasteiger partial charge in [-0.05, 0) is 29.3 Å². The fourth-order valence-corrected chi connectivity index (χ4v) is 2.22. The molecule has 0 radical (unpaired) electrons. The highest BCUT2D eigenvalue weighted by molar-refractivity contribution is 6.35. The molecule has 0 atom stereocenters. The van der Waals surface area contributed by atoms with E-state index in [-0.39, 0.29) is 6.54 Å². The lowest BCUT2D eigenvalue weighted by Crippen LogP contribution is -2.19. The number of nitrogens with one attached hydrogen (secondary N) is 1. The molecule has 0 heterocycles. The van der Waals surface area contributed by atoms with Crippen molar-refractivity contribution < 1.29 is 14.6 Å². The molecule has 4 nitrogen and oxygen atoms in total. The molecule has 0 saturated carbocycles. The smallest absolute Gasteiger partial charge is 0.404 e. The molecule has 110 valence electrons. The third-order valence-corrected chi connectivity index (χ3v) is 3.25. The van der Waals surface area contributed by atoms with E-state index in [0.29, 0.717) is 22.4 Å². The molecule has 0 aromatic heterocycles. The number of carboxylic acid groups (broad SMARTS) is 1. The molecule has 0 unspecified atom stereocenters.